The quantitative estimate of drug-likeness (QED) is 0.809. The minimum absolute atomic E-state index is 0.603. The van der Waals surface area contributed by atoms with Gasteiger partial charge < -0.3 is 10.6 Å². The minimum Gasteiger partial charge on any atom is -0.365 e. The molecule has 17 heavy (non-hydrogen) atoms. The van der Waals surface area contributed by atoms with E-state index < -0.39 is 0 Å². The normalized spacial score (nSPS) is 30.2. The molecule has 0 bridgehead atoms. The van der Waals surface area contributed by atoms with Crippen LogP contribution in [0.4, 0.5) is 5.82 Å². The van der Waals surface area contributed by atoms with E-state index in [-0.39, 0.29) is 0 Å². The molecule has 0 amide bonds. The zero-order valence-electron chi connectivity index (χ0n) is 9.43. The zero-order valence-corrected chi connectivity index (χ0v) is 9.43. The number of fused-ring (bicyclic) bond motifs is 2. The van der Waals surface area contributed by atoms with Crippen molar-refractivity contribution in [1.29, 1.82) is 0 Å². The Morgan fingerprint density at radius 3 is 2.71 bits per heavy atom. The summed E-state index contributed by atoms with van der Waals surface area (Å²) in [6.07, 6.45) is 1.84. The predicted molar refractivity (Wildman–Crippen MR) is 66.8 cm³/mol. The Bertz CT molecular complexity index is 558. The highest BCUT2D eigenvalue weighted by Gasteiger charge is 2.53. The van der Waals surface area contributed by atoms with Gasteiger partial charge in [-0.2, -0.15) is 0 Å². The summed E-state index contributed by atoms with van der Waals surface area (Å²) in [5, 5.41) is 6.89. The number of piperidine rings is 1. The van der Waals surface area contributed by atoms with Crippen LogP contribution in [-0.2, 0) is 0 Å². The summed E-state index contributed by atoms with van der Waals surface area (Å²) < 4.78 is 0. The molecule has 2 heterocycles. The Labute approximate surface area is 99.5 Å². The number of anilines is 1. The highest BCUT2D eigenvalue weighted by atomic mass is 15.1. The van der Waals surface area contributed by atoms with Crippen LogP contribution >= 0.6 is 0 Å². The third-order valence-corrected chi connectivity index (χ3v) is 3.85. The third kappa shape index (κ3) is 1.48. The molecule has 0 spiro atoms. The molecule has 2 unspecified atom stereocenters. The molecule has 2 N–H and O–H groups in total. The van der Waals surface area contributed by atoms with Gasteiger partial charge in [0.1, 0.15) is 5.82 Å². The maximum Gasteiger partial charge on any atom is 0.145 e. The van der Waals surface area contributed by atoms with Gasteiger partial charge in [-0.05, 0) is 24.0 Å². The van der Waals surface area contributed by atoms with E-state index in [9.17, 15) is 0 Å². The van der Waals surface area contributed by atoms with Gasteiger partial charge in [0.2, 0.25) is 0 Å². The number of benzene rings is 1. The molecule has 1 aliphatic carbocycles. The fourth-order valence-electron chi connectivity index (χ4n) is 2.83. The molecule has 2 aromatic rings. The van der Waals surface area contributed by atoms with E-state index in [1.807, 2.05) is 30.5 Å². The highest BCUT2D eigenvalue weighted by molar-refractivity contribution is 5.75. The van der Waals surface area contributed by atoms with E-state index >= 15 is 0 Å². The Morgan fingerprint density at radius 2 is 1.88 bits per heavy atom. The Morgan fingerprint density at radius 1 is 1.12 bits per heavy atom. The summed E-state index contributed by atoms with van der Waals surface area (Å²) >= 11 is 0. The number of nitrogens with one attached hydrogen (secondary N) is 2. The average molecular weight is 226 g/mol. The fourth-order valence-corrected chi connectivity index (χ4v) is 2.83. The van der Waals surface area contributed by atoms with Crippen LogP contribution in [0.2, 0.25) is 0 Å². The standard InChI is InChI=1S/C13H14N4/c1-2-4-11-10(3-1)15-7-12(16-11)17-13-8-5-14-6-9(8)13/h1-4,7-9,13-14H,5-6H2,(H,16,17). The molecule has 86 valence electrons. The number of para-hydroxylation sites is 2. The molecule has 1 aromatic heterocycles. The molecule has 4 rings (SSSR count). The maximum absolute atomic E-state index is 4.59. The number of hydrogen-bond donors (Lipinski definition) is 2. The smallest absolute Gasteiger partial charge is 0.145 e. The summed E-state index contributed by atoms with van der Waals surface area (Å²) in [4.78, 5) is 9.00. The summed E-state index contributed by atoms with van der Waals surface area (Å²) in [5.41, 5.74) is 1.91. The van der Waals surface area contributed by atoms with Crippen LogP contribution < -0.4 is 10.6 Å². The van der Waals surface area contributed by atoms with E-state index in [0.29, 0.717) is 6.04 Å². The molecule has 2 fully saturated rings. The first-order chi connectivity index (χ1) is 8.42. The summed E-state index contributed by atoms with van der Waals surface area (Å²) in [5.74, 6) is 2.50. The van der Waals surface area contributed by atoms with Crippen molar-refractivity contribution >= 4 is 16.9 Å². The fraction of sp³-hybridized carbons (Fsp3) is 0.385. The number of aromatic nitrogens is 2. The van der Waals surface area contributed by atoms with Gasteiger partial charge in [0.05, 0.1) is 17.2 Å². The van der Waals surface area contributed by atoms with Crippen molar-refractivity contribution in [3.8, 4) is 0 Å². The molecule has 1 aliphatic heterocycles. The van der Waals surface area contributed by atoms with Gasteiger partial charge >= 0.3 is 0 Å². The molecule has 1 saturated heterocycles. The van der Waals surface area contributed by atoms with Crippen molar-refractivity contribution < 1.29 is 0 Å². The molecular weight excluding hydrogens is 212 g/mol. The second-order valence-electron chi connectivity index (χ2n) is 4.90. The van der Waals surface area contributed by atoms with Gasteiger partial charge in [0.25, 0.3) is 0 Å². The first-order valence-electron chi connectivity index (χ1n) is 6.11. The van der Waals surface area contributed by atoms with E-state index in [1.54, 1.807) is 0 Å². The largest absolute Gasteiger partial charge is 0.365 e. The lowest BCUT2D eigenvalue weighted by molar-refractivity contribution is 0.695. The monoisotopic (exact) mass is 226 g/mol. The first kappa shape index (κ1) is 9.36. The van der Waals surface area contributed by atoms with Crippen molar-refractivity contribution in [1.82, 2.24) is 15.3 Å². The van der Waals surface area contributed by atoms with E-state index in [2.05, 4.69) is 20.6 Å². The lowest BCUT2D eigenvalue weighted by atomic mass is 10.3. The van der Waals surface area contributed by atoms with Crippen LogP contribution in [0.1, 0.15) is 0 Å². The molecule has 1 saturated carbocycles. The Balaban J connectivity index is 1.59. The van der Waals surface area contributed by atoms with Gasteiger partial charge in [-0.25, -0.2) is 4.98 Å². The lowest BCUT2D eigenvalue weighted by Crippen LogP contribution is -2.21. The predicted octanol–water partition coefficient (Wildman–Crippen LogP) is 1.26. The molecular formula is C13H14N4. The number of nitrogens with zero attached hydrogens (tertiary/aromatic N) is 2. The molecule has 4 heteroatoms. The van der Waals surface area contributed by atoms with Crippen LogP contribution in [0, 0.1) is 11.8 Å². The lowest BCUT2D eigenvalue weighted by Gasteiger charge is -2.08. The van der Waals surface area contributed by atoms with Gasteiger partial charge in [0, 0.05) is 19.1 Å². The number of hydrogen-bond acceptors (Lipinski definition) is 4. The summed E-state index contributed by atoms with van der Waals surface area (Å²) in [6.45, 7) is 2.28. The molecule has 2 atom stereocenters. The van der Waals surface area contributed by atoms with Gasteiger partial charge in [-0.1, -0.05) is 12.1 Å². The zero-order chi connectivity index (χ0) is 11.2. The summed E-state index contributed by atoms with van der Waals surface area (Å²) in [7, 11) is 0. The van der Waals surface area contributed by atoms with Crippen molar-refractivity contribution in [2.24, 2.45) is 11.8 Å². The minimum atomic E-state index is 0.603. The van der Waals surface area contributed by atoms with Crippen LogP contribution in [0.3, 0.4) is 0 Å². The van der Waals surface area contributed by atoms with Crippen molar-refractivity contribution in [2.75, 3.05) is 18.4 Å². The molecule has 0 radical (unpaired) electrons. The van der Waals surface area contributed by atoms with Crippen molar-refractivity contribution in [3.05, 3.63) is 30.5 Å². The van der Waals surface area contributed by atoms with Crippen molar-refractivity contribution in [3.63, 3.8) is 0 Å². The van der Waals surface area contributed by atoms with Crippen LogP contribution in [0.15, 0.2) is 30.5 Å². The molecule has 2 aliphatic rings. The van der Waals surface area contributed by atoms with E-state index in [1.165, 1.54) is 0 Å². The van der Waals surface area contributed by atoms with Crippen LogP contribution in [-0.4, -0.2) is 29.1 Å². The summed E-state index contributed by atoms with van der Waals surface area (Å²) in [6, 6.07) is 8.58. The topological polar surface area (TPSA) is 49.8 Å². The first-order valence-corrected chi connectivity index (χ1v) is 6.11. The highest BCUT2D eigenvalue weighted by Crippen LogP contribution is 2.43. The Hall–Kier alpha value is -1.68. The maximum atomic E-state index is 4.59. The van der Waals surface area contributed by atoms with E-state index in [0.717, 1.165) is 41.8 Å². The van der Waals surface area contributed by atoms with Gasteiger partial charge in [-0.15, -0.1) is 0 Å². The van der Waals surface area contributed by atoms with Crippen LogP contribution in [0.5, 0.6) is 0 Å². The Kier molecular flexibility index (Phi) is 1.87. The van der Waals surface area contributed by atoms with Crippen molar-refractivity contribution in [2.45, 2.75) is 6.04 Å². The average Bonchev–Trinajstić information content (AvgIpc) is 2.82. The third-order valence-electron chi connectivity index (χ3n) is 3.85. The van der Waals surface area contributed by atoms with Gasteiger partial charge in [0.15, 0.2) is 0 Å². The molecule has 4 nitrogen and oxygen atoms in total. The second-order valence-corrected chi connectivity index (χ2v) is 4.90. The van der Waals surface area contributed by atoms with Gasteiger partial charge in [-0.3, -0.25) is 4.98 Å². The molecule has 1 aromatic carbocycles. The van der Waals surface area contributed by atoms with Crippen LogP contribution in [0.25, 0.3) is 11.0 Å². The SMILES string of the molecule is c1ccc2nc(NC3C4CNCC43)cnc2c1. The second kappa shape index (κ2) is 3.40. The van der Waals surface area contributed by atoms with E-state index in [4.69, 9.17) is 0 Å². The number of rotatable bonds is 2.